The van der Waals surface area contributed by atoms with Crippen LogP contribution in [0.3, 0.4) is 0 Å². The van der Waals surface area contributed by atoms with E-state index in [-0.39, 0.29) is 25.8 Å². The monoisotopic (exact) mass is 353 g/mol. The van der Waals surface area contributed by atoms with Crippen LogP contribution in [-0.4, -0.2) is 29.6 Å². The Morgan fingerprint density at radius 1 is 1.04 bits per heavy atom. The molecule has 1 unspecified atom stereocenters. The fourth-order valence-corrected chi connectivity index (χ4v) is 2.83. The summed E-state index contributed by atoms with van der Waals surface area (Å²) in [5, 5.41) is 0. The molecular formula is C16H17F6NO. The molecule has 1 aliphatic rings. The van der Waals surface area contributed by atoms with Crippen LogP contribution in [0.15, 0.2) is 24.3 Å². The van der Waals surface area contributed by atoms with Gasteiger partial charge in [-0.05, 0) is 43.4 Å². The predicted molar refractivity (Wildman–Crippen MR) is 75.2 cm³/mol. The van der Waals surface area contributed by atoms with Gasteiger partial charge in [-0.25, -0.2) is 0 Å². The van der Waals surface area contributed by atoms with Gasteiger partial charge in [0.1, 0.15) is 6.04 Å². The van der Waals surface area contributed by atoms with Crippen LogP contribution in [0, 0.1) is 0 Å². The first-order chi connectivity index (χ1) is 11.1. The fourth-order valence-electron chi connectivity index (χ4n) is 2.83. The van der Waals surface area contributed by atoms with E-state index in [0.717, 1.165) is 17.0 Å². The molecule has 0 spiro atoms. The van der Waals surface area contributed by atoms with Crippen LogP contribution in [0.25, 0.3) is 0 Å². The van der Waals surface area contributed by atoms with E-state index in [1.807, 2.05) is 0 Å². The van der Waals surface area contributed by atoms with Crippen LogP contribution < -0.4 is 0 Å². The number of carbonyl (C=O) groups is 1. The molecule has 0 bridgehead atoms. The van der Waals surface area contributed by atoms with Crippen molar-refractivity contribution in [3.63, 3.8) is 0 Å². The molecule has 1 aromatic rings. The highest BCUT2D eigenvalue weighted by molar-refractivity contribution is 5.77. The van der Waals surface area contributed by atoms with E-state index in [9.17, 15) is 31.1 Å². The minimum absolute atomic E-state index is 0.0655. The smallest absolute Gasteiger partial charge is 0.331 e. The molecule has 1 amide bonds. The van der Waals surface area contributed by atoms with Gasteiger partial charge in [0.05, 0.1) is 5.56 Å². The van der Waals surface area contributed by atoms with Gasteiger partial charge in [0.15, 0.2) is 0 Å². The third kappa shape index (κ3) is 4.64. The Hall–Kier alpha value is -1.73. The molecule has 2 rings (SSSR count). The summed E-state index contributed by atoms with van der Waals surface area (Å²) in [6.45, 7) is 0.0655. The Balaban J connectivity index is 1.97. The summed E-state index contributed by atoms with van der Waals surface area (Å²) in [6, 6.07) is 2.53. The summed E-state index contributed by atoms with van der Waals surface area (Å²) in [6.07, 6.45) is -8.09. The lowest BCUT2D eigenvalue weighted by Gasteiger charge is -2.36. The van der Waals surface area contributed by atoms with E-state index in [2.05, 4.69) is 0 Å². The lowest BCUT2D eigenvalue weighted by Crippen LogP contribution is -2.51. The predicted octanol–water partition coefficient (Wildman–Crippen LogP) is 4.58. The van der Waals surface area contributed by atoms with Crippen LogP contribution in [0.2, 0.25) is 0 Å². The summed E-state index contributed by atoms with van der Waals surface area (Å²) in [4.78, 5) is 13.0. The molecule has 1 saturated heterocycles. The zero-order chi connectivity index (χ0) is 18.0. The molecule has 24 heavy (non-hydrogen) atoms. The maximum absolute atomic E-state index is 13.0. The summed E-state index contributed by atoms with van der Waals surface area (Å²) in [5.74, 6) is -0.614. The summed E-state index contributed by atoms with van der Waals surface area (Å²) in [5.41, 5.74) is -0.317. The summed E-state index contributed by atoms with van der Waals surface area (Å²) < 4.78 is 76.3. The van der Waals surface area contributed by atoms with E-state index in [0.29, 0.717) is 18.4 Å². The Bertz CT molecular complexity index is 563. The number of nitrogens with zero attached hydrogens (tertiary/aromatic N) is 1. The second-order valence-corrected chi connectivity index (χ2v) is 5.84. The van der Waals surface area contributed by atoms with Crippen LogP contribution in [0.5, 0.6) is 0 Å². The lowest BCUT2D eigenvalue weighted by molar-refractivity contribution is -0.195. The number of benzene rings is 1. The maximum Gasteiger partial charge on any atom is 0.416 e. The Morgan fingerprint density at radius 2 is 1.67 bits per heavy atom. The van der Waals surface area contributed by atoms with Crippen molar-refractivity contribution in [1.82, 2.24) is 4.90 Å². The number of hydrogen-bond acceptors (Lipinski definition) is 1. The van der Waals surface area contributed by atoms with Gasteiger partial charge >= 0.3 is 12.4 Å². The average molecular weight is 353 g/mol. The Kier molecular flexibility index (Phi) is 5.45. The number of halogens is 6. The van der Waals surface area contributed by atoms with Crippen molar-refractivity contribution in [2.75, 3.05) is 6.54 Å². The van der Waals surface area contributed by atoms with E-state index < -0.39 is 29.9 Å². The molecule has 0 radical (unpaired) electrons. The van der Waals surface area contributed by atoms with E-state index in [4.69, 9.17) is 0 Å². The molecule has 0 N–H and O–H groups in total. The SMILES string of the molecule is O=C(CCc1ccc(C(F)(F)F)cc1)N1CCCCC1C(F)(F)F. The first kappa shape index (κ1) is 18.6. The molecule has 2 nitrogen and oxygen atoms in total. The normalized spacial score (nSPS) is 19.4. The van der Waals surface area contributed by atoms with E-state index in [1.165, 1.54) is 12.1 Å². The summed E-state index contributed by atoms with van der Waals surface area (Å²) in [7, 11) is 0. The van der Waals surface area contributed by atoms with E-state index >= 15 is 0 Å². The molecule has 1 aliphatic heterocycles. The van der Waals surface area contributed by atoms with Gasteiger partial charge in [-0.3, -0.25) is 4.79 Å². The minimum atomic E-state index is -4.45. The van der Waals surface area contributed by atoms with Gasteiger partial charge < -0.3 is 4.90 Å². The van der Waals surface area contributed by atoms with Crippen molar-refractivity contribution in [3.8, 4) is 0 Å². The van der Waals surface area contributed by atoms with Gasteiger partial charge in [0.25, 0.3) is 0 Å². The average Bonchev–Trinajstić information content (AvgIpc) is 2.51. The number of piperidine rings is 1. The van der Waals surface area contributed by atoms with Crippen molar-refractivity contribution < 1.29 is 31.1 Å². The number of hydrogen-bond donors (Lipinski definition) is 0. The molecular weight excluding hydrogens is 336 g/mol. The van der Waals surface area contributed by atoms with Crippen molar-refractivity contribution in [2.45, 2.75) is 50.5 Å². The first-order valence-corrected chi connectivity index (χ1v) is 7.61. The molecule has 1 heterocycles. The van der Waals surface area contributed by atoms with Gasteiger partial charge in [0, 0.05) is 13.0 Å². The largest absolute Gasteiger partial charge is 0.416 e. The highest BCUT2D eigenvalue weighted by Gasteiger charge is 2.45. The third-order valence-corrected chi connectivity index (χ3v) is 4.11. The van der Waals surface area contributed by atoms with Gasteiger partial charge in [-0.15, -0.1) is 0 Å². The number of carbonyl (C=O) groups excluding carboxylic acids is 1. The van der Waals surface area contributed by atoms with Crippen LogP contribution in [0.4, 0.5) is 26.3 Å². The molecule has 0 aliphatic carbocycles. The topological polar surface area (TPSA) is 20.3 Å². The lowest BCUT2D eigenvalue weighted by atomic mass is 10.00. The van der Waals surface area contributed by atoms with Crippen molar-refractivity contribution in [1.29, 1.82) is 0 Å². The zero-order valence-electron chi connectivity index (χ0n) is 12.8. The minimum Gasteiger partial charge on any atom is -0.331 e. The maximum atomic E-state index is 13.0. The first-order valence-electron chi connectivity index (χ1n) is 7.61. The fraction of sp³-hybridized carbons (Fsp3) is 0.562. The van der Waals surface area contributed by atoms with Crippen molar-refractivity contribution in [2.24, 2.45) is 0 Å². The highest BCUT2D eigenvalue weighted by Crippen LogP contribution is 2.32. The van der Waals surface area contributed by atoms with Crippen LogP contribution in [0.1, 0.15) is 36.8 Å². The second-order valence-electron chi connectivity index (χ2n) is 5.84. The molecule has 0 aromatic heterocycles. The zero-order valence-corrected chi connectivity index (χ0v) is 12.8. The van der Waals surface area contributed by atoms with E-state index in [1.54, 1.807) is 0 Å². The Morgan fingerprint density at radius 3 is 2.21 bits per heavy atom. The standard InChI is InChI=1S/C16H17F6NO/c17-15(18,19)12-7-4-11(5-8-12)6-9-14(24)23-10-2-1-3-13(23)16(20,21)22/h4-5,7-8,13H,1-3,6,9-10H2. The molecule has 1 atom stereocenters. The summed E-state index contributed by atoms with van der Waals surface area (Å²) >= 11 is 0. The molecule has 134 valence electrons. The number of aryl methyl sites for hydroxylation is 1. The van der Waals surface area contributed by atoms with Crippen LogP contribution in [-0.2, 0) is 17.4 Å². The second kappa shape index (κ2) is 7.03. The third-order valence-electron chi connectivity index (χ3n) is 4.11. The molecule has 0 saturated carbocycles. The van der Waals surface area contributed by atoms with Crippen molar-refractivity contribution >= 4 is 5.91 Å². The quantitative estimate of drug-likeness (QED) is 0.729. The number of rotatable bonds is 3. The number of likely N-dealkylation sites (tertiary alicyclic amines) is 1. The molecule has 1 aromatic carbocycles. The van der Waals surface area contributed by atoms with Gasteiger partial charge in [-0.2, -0.15) is 26.3 Å². The number of alkyl halides is 6. The molecule has 8 heteroatoms. The Labute approximate surface area is 135 Å². The van der Waals surface area contributed by atoms with Crippen molar-refractivity contribution in [3.05, 3.63) is 35.4 Å². The van der Waals surface area contributed by atoms with Gasteiger partial charge in [0.2, 0.25) is 5.91 Å². The highest BCUT2D eigenvalue weighted by atomic mass is 19.4. The number of amides is 1. The molecule has 1 fully saturated rings. The van der Waals surface area contributed by atoms with Crippen LogP contribution >= 0.6 is 0 Å². The van der Waals surface area contributed by atoms with Gasteiger partial charge in [-0.1, -0.05) is 12.1 Å².